The number of aromatic nitrogens is 2. The first-order valence-electron chi connectivity index (χ1n) is 14.7. The lowest BCUT2D eigenvalue weighted by molar-refractivity contribution is -0.148. The van der Waals surface area contributed by atoms with Gasteiger partial charge in [-0.1, -0.05) is 69.9 Å². The Hall–Kier alpha value is -3.94. The number of nitrogens with zero attached hydrogens (tertiary/aromatic N) is 3. The van der Waals surface area contributed by atoms with Crippen molar-refractivity contribution in [2.75, 3.05) is 19.8 Å². The average molecular weight is 562 g/mol. The molecule has 1 unspecified atom stereocenters. The van der Waals surface area contributed by atoms with Gasteiger partial charge in [0.05, 0.1) is 18.2 Å². The van der Waals surface area contributed by atoms with Crippen molar-refractivity contribution in [1.29, 1.82) is 0 Å². The predicted molar refractivity (Wildman–Crippen MR) is 161 cm³/mol. The van der Waals surface area contributed by atoms with Gasteiger partial charge in [0, 0.05) is 30.2 Å². The van der Waals surface area contributed by atoms with Gasteiger partial charge in [-0.2, -0.15) is 0 Å². The van der Waals surface area contributed by atoms with Gasteiger partial charge in [-0.15, -0.1) is 0 Å². The molecule has 0 saturated heterocycles. The molecule has 1 aromatic heterocycles. The lowest BCUT2D eigenvalue weighted by Gasteiger charge is -2.25. The monoisotopic (exact) mass is 561 g/mol. The van der Waals surface area contributed by atoms with Gasteiger partial charge in [0.25, 0.3) is 11.5 Å². The van der Waals surface area contributed by atoms with Crippen molar-refractivity contribution in [2.45, 2.75) is 72.9 Å². The highest BCUT2D eigenvalue weighted by atomic mass is 16.5. The largest absolute Gasteiger partial charge is 0.493 e. The third-order valence-electron chi connectivity index (χ3n) is 6.89. The zero-order chi connectivity index (χ0) is 29.6. The summed E-state index contributed by atoms with van der Waals surface area (Å²) < 4.78 is 12.4. The first-order valence-corrected chi connectivity index (χ1v) is 14.7. The maximum absolute atomic E-state index is 13.7. The minimum absolute atomic E-state index is 0.131. The van der Waals surface area contributed by atoms with Gasteiger partial charge in [-0.3, -0.25) is 19.0 Å². The predicted octanol–water partition coefficient (Wildman–Crippen LogP) is 6.12. The average Bonchev–Trinajstić information content (AvgIpc) is 3.00. The van der Waals surface area contributed by atoms with Crippen LogP contribution in [0, 0.1) is 5.92 Å². The number of benzene rings is 2. The first-order chi connectivity index (χ1) is 19.9. The molecule has 220 valence electrons. The van der Waals surface area contributed by atoms with Gasteiger partial charge >= 0.3 is 5.97 Å². The van der Waals surface area contributed by atoms with Gasteiger partial charge in [0.15, 0.2) is 0 Å². The molecule has 8 nitrogen and oxygen atoms in total. The van der Waals surface area contributed by atoms with Crippen molar-refractivity contribution in [2.24, 2.45) is 5.92 Å². The molecule has 0 radical (unpaired) electrons. The fourth-order valence-electron chi connectivity index (χ4n) is 4.50. The summed E-state index contributed by atoms with van der Waals surface area (Å²) in [7, 11) is 0. The number of rotatable bonds is 16. The van der Waals surface area contributed by atoms with Crippen LogP contribution in [0.15, 0.2) is 65.5 Å². The Labute approximate surface area is 243 Å². The third-order valence-corrected chi connectivity index (χ3v) is 6.89. The topological polar surface area (TPSA) is 90.7 Å². The standard InChI is InChI=1S/C33H43N3O5/c1-5-8-9-10-14-21-35(24-36-30(6-2)34-29(22-31(36)37)26-15-12-11-13-16-26)32(38)27-17-19-28(20-18-27)41-23-25(4)33(39)40-7-3/h11-13,15-20,22,25H,5-10,14,21,23-24H2,1-4H3. The van der Waals surface area contributed by atoms with E-state index in [0.717, 1.165) is 37.7 Å². The Kier molecular flexibility index (Phi) is 12.6. The van der Waals surface area contributed by atoms with E-state index in [1.165, 1.54) is 0 Å². The van der Waals surface area contributed by atoms with Gasteiger partial charge < -0.3 is 14.4 Å². The SMILES string of the molecule is CCCCCCCN(Cn1c(CC)nc(-c2ccccc2)cc1=O)C(=O)c1ccc(OCC(C)C(=O)OCC)cc1. The molecule has 41 heavy (non-hydrogen) atoms. The maximum atomic E-state index is 13.7. The molecule has 0 aliphatic carbocycles. The number of hydrogen-bond acceptors (Lipinski definition) is 6. The van der Waals surface area contributed by atoms with Crippen LogP contribution in [-0.2, 0) is 22.6 Å². The van der Waals surface area contributed by atoms with E-state index in [0.29, 0.717) is 42.4 Å². The second-order valence-corrected chi connectivity index (χ2v) is 10.2. The summed E-state index contributed by atoms with van der Waals surface area (Å²) in [5, 5.41) is 0. The molecule has 0 aliphatic heterocycles. The molecule has 1 atom stereocenters. The summed E-state index contributed by atoms with van der Waals surface area (Å²) in [6.45, 7) is 8.84. The number of ether oxygens (including phenoxy) is 2. The molecule has 0 spiro atoms. The quantitative estimate of drug-likeness (QED) is 0.155. The number of carbonyl (C=O) groups is 2. The lowest BCUT2D eigenvalue weighted by Crippen LogP contribution is -2.39. The van der Waals surface area contributed by atoms with Crippen LogP contribution in [0.1, 0.15) is 76.0 Å². The summed E-state index contributed by atoms with van der Waals surface area (Å²) >= 11 is 0. The molecule has 0 aliphatic rings. The van der Waals surface area contributed by atoms with Crippen molar-refractivity contribution in [1.82, 2.24) is 14.5 Å². The highest BCUT2D eigenvalue weighted by Gasteiger charge is 2.20. The Bertz CT molecular complexity index is 1300. The van der Waals surface area contributed by atoms with Gasteiger partial charge in [-0.05, 0) is 44.5 Å². The lowest BCUT2D eigenvalue weighted by atomic mass is 10.1. The molecule has 1 amide bonds. The number of carbonyl (C=O) groups excluding carboxylic acids is 2. The van der Waals surface area contributed by atoms with E-state index in [4.69, 9.17) is 14.5 Å². The highest BCUT2D eigenvalue weighted by molar-refractivity contribution is 5.94. The number of hydrogen-bond donors (Lipinski definition) is 0. The summed E-state index contributed by atoms with van der Waals surface area (Å²) in [5.74, 6) is 0.343. The van der Waals surface area contributed by atoms with Crippen LogP contribution >= 0.6 is 0 Å². The second-order valence-electron chi connectivity index (χ2n) is 10.2. The van der Waals surface area contributed by atoms with Crippen LogP contribution < -0.4 is 10.3 Å². The van der Waals surface area contributed by atoms with E-state index < -0.39 is 5.92 Å². The first kappa shape index (κ1) is 31.6. The highest BCUT2D eigenvalue weighted by Crippen LogP contribution is 2.18. The summed E-state index contributed by atoms with van der Waals surface area (Å²) in [5.41, 5.74) is 1.84. The molecule has 0 bridgehead atoms. The summed E-state index contributed by atoms with van der Waals surface area (Å²) in [6.07, 6.45) is 5.85. The molecule has 0 fully saturated rings. The van der Waals surface area contributed by atoms with Crippen LogP contribution in [0.5, 0.6) is 5.75 Å². The van der Waals surface area contributed by atoms with E-state index in [-0.39, 0.29) is 30.7 Å². The Morgan fingerprint density at radius 2 is 1.66 bits per heavy atom. The van der Waals surface area contributed by atoms with Crippen LogP contribution in [-0.4, -0.2) is 46.1 Å². The molecule has 2 aromatic carbocycles. The number of unbranched alkanes of at least 4 members (excludes halogenated alkanes) is 4. The van der Waals surface area contributed by atoms with Crippen molar-refractivity contribution in [3.8, 4) is 17.0 Å². The van der Waals surface area contributed by atoms with Crippen molar-refractivity contribution >= 4 is 11.9 Å². The molecule has 0 N–H and O–H groups in total. The minimum atomic E-state index is -0.396. The third kappa shape index (κ3) is 9.30. The molecule has 8 heteroatoms. The number of aryl methyl sites for hydroxylation is 1. The van der Waals surface area contributed by atoms with Crippen LogP contribution in [0.25, 0.3) is 11.3 Å². The van der Waals surface area contributed by atoms with Crippen LogP contribution in [0.2, 0.25) is 0 Å². The van der Waals surface area contributed by atoms with E-state index in [1.54, 1.807) is 53.6 Å². The maximum Gasteiger partial charge on any atom is 0.312 e. The Balaban J connectivity index is 1.79. The normalized spacial score (nSPS) is 11.6. The van der Waals surface area contributed by atoms with Crippen molar-refractivity contribution in [3.05, 3.63) is 82.4 Å². The van der Waals surface area contributed by atoms with Gasteiger partial charge in [-0.25, -0.2) is 4.98 Å². The smallest absolute Gasteiger partial charge is 0.312 e. The Morgan fingerprint density at radius 1 is 0.951 bits per heavy atom. The van der Waals surface area contributed by atoms with E-state index in [1.807, 2.05) is 37.3 Å². The number of amides is 1. The van der Waals surface area contributed by atoms with E-state index in [9.17, 15) is 14.4 Å². The van der Waals surface area contributed by atoms with E-state index in [2.05, 4.69) is 6.92 Å². The minimum Gasteiger partial charge on any atom is -0.493 e. The molecule has 1 heterocycles. The van der Waals surface area contributed by atoms with Gasteiger partial charge in [0.1, 0.15) is 24.8 Å². The van der Waals surface area contributed by atoms with E-state index >= 15 is 0 Å². The van der Waals surface area contributed by atoms with Crippen molar-refractivity contribution < 1.29 is 19.1 Å². The summed E-state index contributed by atoms with van der Waals surface area (Å²) in [6, 6.07) is 18.1. The molecule has 3 aromatic rings. The zero-order valence-electron chi connectivity index (χ0n) is 24.8. The second kappa shape index (κ2) is 16.4. The van der Waals surface area contributed by atoms with Crippen molar-refractivity contribution in [3.63, 3.8) is 0 Å². The molecular weight excluding hydrogens is 518 g/mol. The molecule has 3 rings (SSSR count). The van der Waals surface area contributed by atoms with Crippen LogP contribution in [0.4, 0.5) is 0 Å². The Morgan fingerprint density at radius 3 is 2.32 bits per heavy atom. The molecular formula is C33H43N3O5. The summed E-state index contributed by atoms with van der Waals surface area (Å²) in [4.78, 5) is 45.4. The fraction of sp³-hybridized carbons (Fsp3) is 0.455. The fourth-order valence-corrected chi connectivity index (χ4v) is 4.50. The zero-order valence-corrected chi connectivity index (χ0v) is 24.8. The number of esters is 1. The van der Waals surface area contributed by atoms with Crippen LogP contribution in [0.3, 0.4) is 0 Å². The molecule has 0 saturated carbocycles. The van der Waals surface area contributed by atoms with Gasteiger partial charge in [0.2, 0.25) is 0 Å².